The number of ether oxygens (including phenoxy) is 1. The van der Waals surface area contributed by atoms with Gasteiger partial charge in [0.2, 0.25) is 0 Å². The maximum absolute atomic E-state index is 14.1. The molecular weight excluding hydrogens is 430 g/mol. The van der Waals surface area contributed by atoms with Gasteiger partial charge in [-0.2, -0.15) is 13.2 Å². The molecular formula is C23H21F4NO4. The summed E-state index contributed by atoms with van der Waals surface area (Å²) in [5.41, 5.74) is -0.248. The van der Waals surface area contributed by atoms with Crippen LogP contribution in [0.1, 0.15) is 47.4 Å². The zero-order valence-corrected chi connectivity index (χ0v) is 17.6. The minimum Gasteiger partial charge on any atom is -0.505 e. The van der Waals surface area contributed by atoms with Crippen molar-refractivity contribution in [2.45, 2.75) is 45.9 Å². The van der Waals surface area contributed by atoms with Gasteiger partial charge in [-0.05, 0) is 56.2 Å². The van der Waals surface area contributed by atoms with Crippen LogP contribution in [0, 0.1) is 12.7 Å². The van der Waals surface area contributed by atoms with Gasteiger partial charge in [0.25, 0.3) is 5.91 Å². The van der Waals surface area contributed by atoms with E-state index in [4.69, 9.17) is 4.74 Å². The molecule has 0 saturated carbocycles. The molecule has 0 aliphatic rings. The number of aromatic hydroxyl groups is 1. The van der Waals surface area contributed by atoms with E-state index in [1.54, 1.807) is 6.92 Å². The Balaban J connectivity index is 2.10. The van der Waals surface area contributed by atoms with Crippen LogP contribution in [-0.2, 0) is 22.1 Å². The number of halogens is 4. The van der Waals surface area contributed by atoms with Crippen molar-refractivity contribution in [3.05, 3.63) is 64.6 Å². The SMILES string of the molecule is CCC(C)OC(=O)Cc1c(C)n(C(=O)c2ccc(C(F)(F)F)cc2)c2cc(F)c(O)cc12. The Kier molecular flexibility index (Phi) is 6.29. The summed E-state index contributed by atoms with van der Waals surface area (Å²) in [5.74, 6) is -2.90. The van der Waals surface area contributed by atoms with E-state index in [-0.39, 0.29) is 34.7 Å². The average Bonchev–Trinajstić information content (AvgIpc) is 2.98. The second-order valence-corrected chi connectivity index (χ2v) is 7.49. The van der Waals surface area contributed by atoms with Gasteiger partial charge in [0.1, 0.15) is 0 Å². The molecule has 0 aliphatic heterocycles. The number of esters is 1. The Morgan fingerprint density at radius 1 is 1.16 bits per heavy atom. The van der Waals surface area contributed by atoms with Gasteiger partial charge in [0, 0.05) is 22.7 Å². The quantitative estimate of drug-likeness (QED) is 0.417. The molecule has 1 unspecified atom stereocenters. The van der Waals surface area contributed by atoms with Crippen LogP contribution in [-0.4, -0.2) is 27.7 Å². The van der Waals surface area contributed by atoms with Crippen LogP contribution < -0.4 is 0 Å². The lowest BCUT2D eigenvalue weighted by Crippen LogP contribution is -2.17. The number of fused-ring (bicyclic) bond motifs is 1. The second-order valence-electron chi connectivity index (χ2n) is 7.49. The molecule has 3 rings (SSSR count). The molecule has 0 spiro atoms. The molecule has 1 atom stereocenters. The third-order valence-corrected chi connectivity index (χ3v) is 5.29. The lowest BCUT2D eigenvalue weighted by atomic mass is 10.1. The van der Waals surface area contributed by atoms with Gasteiger partial charge in [-0.3, -0.25) is 14.2 Å². The molecule has 1 heterocycles. The number of nitrogens with zero attached hydrogens (tertiary/aromatic N) is 1. The van der Waals surface area contributed by atoms with Crippen LogP contribution in [0.5, 0.6) is 5.75 Å². The zero-order valence-electron chi connectivity index (χ0n) is 17.6. The molecule has 3 aromatic rings. The largest absolute Gasteiger partial charge is 0.505 e. The molecule has 1 N–H and O–H groups in total. The normalized spacial score (nSPS) is 12.7. The molecule has 0 saturated heterocycles. The van der Waals surface area contributed by atoms with E-state index in [2.05, 4.69) is 0 Å². The molecule has 2 aromatic carbocycles. The number of carbonyl (C=O) groups excluding carboxylic acids is 2. The summed E-state index contributed by atoms with van der Waals surface area (Å²) in [4.78, 5) is 25.5. The summed E-state index contributed by atoms with van der Waals surface area (Å²) in [5, 5.41) is 10.1. The van der Waals surface area contributed by atoms with Crippen molar-refractivity contribution in [1.29, 1.82) is 0 Å². The molecule has 5 nitrogen and oxygen atoms in total. The van der Waals surface area contributed by atoms with Crippen molar-refractivity contribution in [3.8, 4) is 5.75 Å². The number of hydrogen-bond donors (Lipinski definition) is 1. The van der Waals surface area contributed by atoms with Crippen LogP contribution >= 0.6 is 0 Å². The summed E-state index contributed by atoms with van der Waals surface area (Å²) in [6, 6.07) is 5.69. The molecule has 1 aromatic heterocycles. The van der Waals surface area contributed by atoms with Crippen molar-refractivity contribution >= 4 is 22.8 Å². The number of phenolic OH excluding ortho intramolecular Hbond substituents is 1. The topological polar surface area (TPSA) is 68.5 Å². The van der Waals surface area contributed by atoms with Crippen molar-refractivity contribution in [3.63, 3.8) is 0 Å². The lowest BCUT2D eigenvalue weighted by molar-refractivity contribution is -0.147. The third-order valence-electron chi connectivity index (χ3n) is 5.29. The van der Waals surface area contributed by atoms with Gasteiger partial charge >= 0.3 is 12.1 Å². The van der Waals surface area contributed by atoms with E-state index in [1.807, 2.05) is 6.92 Å². The van der Waals surface area contributed by atoms with E-state index in [9.17, 15) is 32.3 Å². The van der Waals surface area contributed by atoms with Gasteiger partial charge in [0.05, 0.1) is 23.6 Å². The average molecular weight is 451 g/mol. The smallest absolute Gasteiger partial charge is 0.416 e. The number of aromatic nitrogens is 1. The Labute approximate surface area is 181 Å². The van der Waals surface area contributed by atoms with Crippen LogP contribution in [0.25, 0.3) is 10.9 Å². The number of benzene rings is 2. The third kappa shape index (κ3) is 4.46. The molecule has 0 fully saturated rings. The van der Waals surface area contributed by atoms with E-state index in [0.29, 0.717) is 12.0 Å². The van der Waals surface area contributed by atoms with Crippen LogP contribution in [0.4, 0.5) is 17.6 Å². The van der Waals surface area contributed by atoms with Crippen LogP contribution in [0.2, 0.25) is 0 Å². The van der Waals surface area contributed by atoms with Gasteiger partial charge in [-0.1, -0.05) is 6.92 Å². The lowest BCUT2D eigenvalue weighted by Gasteiger charge is -2.11. The monoisotopic (exact) mass is 451 g/mol. The Bertz CT molecular complexity index is 1180. The van der Waals surface area contributed by atoms with Gasteiger partial charge in [0.15, 0.2) is 11.6 Å². The van der Waals surface area contributed by atoms with E-state index < -0.39 is 35.2 Å². The number of phenols is 1. The standard InChI is InChI=1S/C23H21F4NO4/c1-4-12(2)32-21(30)10-16-13(3)28(19-11-18(24)20(29)9-17(16)19)22(31)14-5-7-15(8-6-14)23(25,26)27/h5-9,11-12,29H,4,10H2,1-3H3. The molecule has 0 bridgehead atoms. The van der Waals surface area contributed by atoms with E-state index in [0.717, 1.165) is 41.0 Å². The summed E-state index contributed by atoms with van der Waals surface area (Å²) in [6.45, 7) is 5.10. The van der Waals surface area contributed by atoms with Gasteiger partial charge in [-0.25, -0.2) is 4.39 Å². The first-order valence-corrected chi connectivity index (χ1v) is 9.87. The van der Waals surface area contributed by atoms with Gasteiger partial charge < -0.3 is 9.84 Å². The first-order valence-electron chi connectivity index (χ1n) is 9.87. The predicted molar refractivity (Wildman–Crippen MR) is 109 cm³/mol. The highest BCUT2D eigenvalue weighted by atomic mass is 19.4. The predicted octanol–water partition coefficient (Wildman–Crippen LogP) is 5.39. The zero-order chi connectivity index (χ0) is 23.8. The Morgan fingerprint density at radius 3 is 2.34 bits per heavy atom. The molecule has 32 heavy (non-hydrogen) atoms. The minimum absolute atomic E-state index is 0.0554. The fraction of sp³-hybridized carbons (Fsp3) is 0.304. The van der Waals surface area contributed by atoms with Crippen LogP contribution in [0.15, 0.2) is 36.4 Å². The first-order chi connectivity index (χ1) is 14.9. The first kappa shape index (κ1) is 23.3. The number of alkyl halides is 3. The Morgan fingerprint density at radius 2 is 1.78 bits per heavy atom. The number of rotatable bonds is 5. The van der Waals surface area contributed by atoms with Gasteiger partial charge in [-0.15, -0.1) is 0 Å². The number of hydrogen-bond acceptors (Lipinski definition) is 4. The van der Waals surface area contributed by atoms with E-state index >= 15 is 0 Å². The molecule has 0 amide bonds. The molecule has 9 heteroatoms. The second kappa shape index (κ2) is 8.64. The van der Waals surface area contributed by atoms with Crippen molar-refractivity contribution in [2.24, 2.45) is 0 Å². The Hall–Kier alpha value is -3.36. The van der Waals surface area contributed by atoms with E-state index in [1.165, 1.54) is 6.92 Å². The minimum atomic E-state index is -4.55. The fourth-order valence-electron chi connectivity index (χ4n) is 3.40. The summed E-state index contributed by atoms with van der Waals surface area (Å²) >= 11 is 0. The summed E-state index contributed by atoms with van der Waals surface area (Å²) in [7, 11) is 0. The van der Waals surface area contributed by atoms with Crippen molar-refractivity contribution in [1.82, 2.24) is 4.57 Å². The maximum Gasteiger partial charge on any atom is 0.416 e. The highest BCUT2D eigenvalue weighted by Crippen LogP contribution is 2.33. The fourth-order valence-corrected chi connectivity index (χ4v) is 3.40. The number of carbonyl (C=O) groups is 2. The highest BCUT2D eigenvalue weighted by molar-refractivity contribution is 6.05. The van der Waals surface area contributed by atoms with Crippen LogP contribution in [0.3, 0.4) is 0 Å². The highest BCUT2D eigenvalue weighted by Gasteiger charge is 2.30. The van der Waals surface area contributed by atoms with Crippen molar-refractivity contribution in [2.75, 3.05) is 0 Å². The molecule has 170 valence electrons. The summed E-state index contributed by atoms with van der Waals surface area (Å²) in [6.07, 6.45) is -4.51. The summed E-state index contributed by atoms with van der Waals surface area (Å²) < 4.78 is 59.0. The van der Waals surface area contributed by atoms with Crippen molar-refractivity contribution < 1.29 is 37.0 Å². The maximum atomic E-state index is 14.1. The molecule has 0 aliphatic carbocycles. The molecule has 0 radical (unpaired) electrons.